The summed E-state index contributed by atoms with van der Waals surface area (Å²) in [4.78, 5) is 16.3. The number of hydrogen-bond donors (Lipinski definition) is 1. The summed E-state index contributed by atoms with van der Waals surface area (Å²) in [5.74, 6) is 0.875. The molecule has 0 bridgehead atoms. The highest BCUT2D eigenvalue weighted by Gasteiger charge is 2.29. The molecule has 5 nitrogen and oxygen atoms in total. The van der Waals surface area contributed by atoms with Crippen molar-refractivity contribution in [3.05, 3.63) is 0 Å². The molecule has 2 rings (SSSR count). The van der Waals surface area contributed by atoms with E-state index >= 15 is 0 Å². The van der Waals surface area contributed by atoms with Gasteiger partial charge in [0.2, 0.25) is 5.91 Å². The third kappa shape index (κ3) is 5.09. The van der Waals surface area contributed by atoms with Gasteiger partial charge in [-0.2, -0.15) is 0 Å². The average Bonchev–Trinajstić information content (AvgIpc) is 3.11. The van der Waals surface area contributed by atoms with Crippen LogP contribution in [-0.2, 0) is 9.53 Å². The zero-order valence-corrected chi connectivity index (χ0v) is 12.4. The summed E-state index contributed by atoms with van der Waals surface area (Å²) in [5.41, 5.74) is 0. The van der Waals surface area contributed by atoms with E-state index in [2.05, 4.69) is 22.0 Å². The van der Waals surface area contributed by atoms with Crippen molar-refractivity contribution in [2.45, 2.75) is 31.9 Å². The van der Waals surface area contributed by atoms with Gasteiger partial charge in [-0.3, -0.25) is 9.69 Å². The van der Waals surface area contributed by atoms with Crippen LogP contribution in [0.1, 0.15) is 19.8 Å². The van der Waals surface area contributed by atoms with Crippen LogP contribution in [0.2, 0.25) is 0 Å². The Morgan fingerprint density at radius 2 is 2.21 bits per heavy atom. The van der Waals surface area contributed by atoms with Gasteiger partial charge in [0, 0.05) is 25.7 Å². The number of amides is 1. The lowest BCUT2D eigenvalue weighted by Crippen LogP contribution is -2.50. The van der Waals surface area contributed by atoms with Gasteiger partial charge in [-0.1, -0.05) is 0 Å². The molecule has 1 saturated heterocycles. The Hall–Kier alpha value is -0.650. The number of hydrogen-bond acceptors (Lipinski definition) is 4. The molecule has 1 aliphatic heterocycles. The molecule has 0 spiro atoms. The minimum Gasteiger partial charge on any atom is -0.374 e. The van der Waals surface area contributed by atoms with Gasteiger partial charge in [0.15, 0.2) is 0 Å². The molecule has 19 heavy (non-hydrogen) atoms. The molecule has 2 atom stereocenters. The van der Waals surface area contributed by atoms with Crippen LogP contribution in [0, 0.1) is 5.92 Å². The first kappa shape index (κ1) is 14.8. The molecule has 0 aromatic heterocycles. The van der Waals surface area contributed by atoms with E-state index in [4.69, 9.17) is 4.74 Å². The molecule has 1 amide bonds. The second-order valence-corrected chi connectivity index (χ2v) is 6.18. The molecular weight excluding hydrogens is 242 g/mol. The molecule has 1 aliphatic carbocycles. The van der Waals surface area contributed by atoms with E-state index in [-0.39, 0.29) is 12.0 Å². The highest BCUT2D eigenvalue weighted by atomic mass is 16.5. The number of nitrogens with one attached hydrogen (secondary N) is 1. The van der Waals surface area contributed by atoms with Gasteiger partial charge in [-0.15, -0.1) is 0 Å². The topological polar surface area (TPSA) is 44.8 Å². The Balaban J connectivity index is 1.70. The van der Waals surface area contributed by atoms with Crippen LogP contribution in [0.15, 0.2) is 0 Å². The van der Waals surface area contributed by atoms with Crippen molar-refractivity contribution in [1.82, 2.24) is 15.1 Å². The second-order valence-electron chi connectivity index (χ2n) is 6.18. The molecule has 110 valence electrons. The van der Waals surface area contributed by atoms with Gasteiger partial charge in [-0.25, -0.2) is 0 Å². The van der Waals surface area contributed by atoms with Crippen molar-refractivity contribution in [3.63, 3.8) is 0 Å². The summed E-state index contributed by atoms with van der Waals surface area (Å²) < 4.78 is 5.71. The van der Waals surface area contributed by atoms with Crippen molar-refractivity contribution < 1.29 is 9.53 Å². The summed E-state index contributed by atoms with van der Waals surface area (Å²) in [7, 11) is 4.10. The second kappa shape index (κ2) is 6.68. The van der Waals surface area contributed by atoms with Gasteiger partial charge >= 0.3 is 0 Å². The first-order valence-electron chi connectivity index (χ1n) is 7.32. The predicted molar refractivity (Wildman–Crippen MR) is 75.1 cm³/mol. The zero-order chi connectivity index (χ0) is 13.8. The maximum atomic E-state index is 12.0. The minimum absolute atomic E-state index is 0.157. The number of morpholine rings is 1. The van der Waals surface area contributed by atoms with E-state index in [1.165, 1.54) is 12.8 Å². The molecule has 1 saturated carbocycles. The average molecular weight is 269 g/mol. The van der Waals surface area contributed by atoms with Crippen LogP contribution >= 0.6 is 0 Å². The van der Waals surface area contributed by atoms with Crippen molar-refractivity contribution in [1.29, 1.82) is 0 Å². The monoisotopic (exact) mass is 269 g/mol. The molecule has 0 aromatic carbocycles. The lowest BCUT2D eigenvalue weighted by Gasteiger charge is -2.33. The fourth-order valence-electron chi connectivity index (χ4n) is 2.66. The first-order chi connectivity index (χ1) is 9.04. The number of ether oxygens (including phenoxy) is 1. The van der Waals surface area contributed by atoms with Crippen LogP contribution in [-0.4, -0.2) is 74.7 Å². The van der Waals surface area contributed by atoms with E-state index in [1.807, 2.05) is 14.1 Å². The summed E-state index contributed by atoms with van der Waals surface area (Å²) >= 11 is 0. The minimum atomic E-state index is 0.157. The largest absolute Gasteiger partial charge is 0.374 e. The molecule has 2 aliphatic rings. The summed E-state index contributed by atoms with van der Waals surface area (Å²) in [5, 5.41) is 3.11. The van der Waals surface area contributed by atoms with Crippen LogP contribution < -0.4 is 5.32 Å². The Kier molecular flexibility index (Phi) is 5.19. The van der Waals surface area contributed by atoms with Gasteiger partial charge in [0.25, 0.3) is 0 Å². The smallest absolute Gasteiger partial charge is 0.234 e. The van der Waals surface area contributed by atoms with Crippen LogP contribution in [0.25, 0.3) is 0 Å². The zero-order valence-electron chi connectivity index (χ0n) is 12.4. The summed E-state index contributed by atoms with van der Waals surface area (Å²) in [6, 6.07) is 0.339. The van der Waals surface area contributed by atoms with Crippen molar-refractivity contribution >= 4 is 5.91 Å². The maximum Gasteiger partial charge on any atom is 0.234 e. The highest BCUT2D eigenvalue weighted by Crippen LogP contribution is 2.32. The van der Waals surface area contributed by atoms with Crippen LogP contribution in [0.4, 0.5) is 0 Å². The van der Waals surface area contributed by atoms with Crippen LogP contribution in [0.5, 0.6) is 0 Å². The lowest BCUT2D eigenvalue weighted by molar-refractivity contribution is -0.125. The summed E-state index contributed by atoms with van der Waals surface area (Å²) in [6.45, 7) is 5.97. The number of carbonyl (C=O) groups is 1. The van der Waals surface area contributed by atoms with Gasteiger partial charge < -0.3 is 15.0 Å². The van der Waals surface area contributed by atoms with E-state index in [0.717, 1.165) is 32.2 Å². The Morgan fingerprint density at radius 1 is 1.47 bits per heavy atom. The lowest BCUT2D eigenvalue weighted by atomic mass is 10.2. The molecule has 1 heterocycles. The number of nitrogens with zero attached hydrogens (tertiary/aromatic N) is 2. The van der Waals surface area contributed by atoms with E-state index in [1.54, 1.807) is 0 Å². The van der Waals surface area contributed by atoms with E-state index in [0.29, 0.717) is 12.6 Å². The third-order valence-electron chi connectivity index (χ3n) is 3.88. The maximum absolute atomic E-state index is 12.0. The van der Waals surface area contributed by atoms with E-state index in [9.17, 15) is 4.79 Å². The van der Waals surface area contributed by atoms with Gasteiger partial charge in [0.1, 0.15) is 0 Å². The highest BCUT2D eigenvalue weighted by molar-refractivity contribution is 5.78. The normalized spacial score (nSPS) is 26.4. The Labute approximate surface area is 116 Å². The molecule has 5 heteroatoms. The number of carbonyl (C=O) groups excluding carboxylic acids is 1. The van der Waals surface area contributed by atoms with Crippen molar-refractivity contribution in [3.8, 4) is 0 Å². The van der Waals surface area contributed by atoms with Crippen LogP contribution in [0.3, 0.4) is 0 Å². The van der Waals surface area contributed by atoms with Gasteiger partial charge in [-0.05, 0) is 39.8 Å². The van der Waals surface area contributed by atoms with E-state index < -0.39 is 0 Å². The fourth-order valence-corrected chi connectivity index (χ4v) is 2.66. The molecule has 0 aromatic rings. The molecule has 0 unspecified atom stereocenters. The first-order valence-corrected chi connectivity index (χ1v) is 7.32. The quantitative estimate of drug-likeness (QED) is 0.746. The predicted octanol–water partition coefficient (Wildman–Crippen LogP) is 0.164. The third-order valence-corrected chi connectivity index (χ3v) is 3.88. The molecular formula is C14H27N3O2. The van der Waals surface area contributed by atoms with Gasteiger partial charge in [0.05, 0.1) is 19.3 Å². The standard InChI is InChI=1S/C14H27N3O2/c1-11(12-4-5-12)15-14(18)10-17-6-7-19-13(9-17)8-16(2)3/h11-13H,4-10H2,1-3H3,(H,15,18)/t11-,13+/m0/s1. The Morgan fingerprint density at radius 3 is 2.84 bits per heavy atom. The Bertz CT molecular complexity index is 305. The molecule has 2 fully saturated rings. The van der Waals surface area contributed by atoms with Crippen molar-refractivity contribution in [2.24, 2.45) is 5.92 Å². The molecule has 0 radical (unpaired) electrons. The number of likely N-dealkylation sites (N-methyl/N-ethyl adjacent to an activating group) is 1. The fraction of sp³-hybridized carbons (Fsp3) is 0.929. The molecule has 1 N–H and O–H groups in total. The number of rotatable bonds is 6. The SMILES string of the molecule is C[C@H](NC(=O)CN1CCO[C@H](CN(C)C)C1)C1CC1. The summed E-state index contributed by atoms with van der Waals surface area (Å²) in [6.07, 6.45) is 2.76. The van der Waals surface area contributed by atoms with Crippen molar-refractivity contribution in [2.75, 3.05) is 46.9 Å².